The Kier molecular flexibility index (Phi) is 4.10. The maximum atomic E-state index is 9.21. The summed E-state index contributed by atoms with van der Waals surface area (Å²) in [5.74, 6) is 0. The van der Waals surface area contributed by atoms with Crippen LogP contribution in [0.3, 0.4) is 0 Å². The third-order valence-corrected chi connectivity index (χ3v) is 2.24. The predicted molar refractivity (Wildman–Crippen MR) is 35.8 cm³/mol. The van der Waals surface area contributed by atoms with Gasteiger partial charge in [-0.3, -0.25) is 0 Å². The first kappa shape index (κ1) is 9.73. The van der Waals surface area contributed by atoms with Gasteiger partial charge in [-0.1, -0.05) is 0 Å². The van der Waals surface area contributed by atoms with Crippen molar-refractivity contribution in [1.29, 1.82) is 0 Å². The summed E-state index contributed by atoms with van der Waals surface area (Å²) in [5, 5.41) is 9.21. The van der Waals surface area contributed by atoms with Crippen molar-refractivity contribution in [2.24, 2.45) is 0 Å². The smallest absolute Gasteiger partial charge is 1.00 e. The molecule has 2 nitrogen and oxygen atoms in total. The molecule has 1 atom stereocenters. The van der Waals surface area contributed by atoms with Crippen molar-refractivity contribution in [3.05, 3.63) is 0 Å². The minimum absolute atomic E-state index is 0. The molecule has 0 amide bonds. The zero-order valence-electron chi connectivity index (χ0n) is 7.18. The molecule has 0 aromatic rings. The van der Waals surface area contributed by atoms with Gasteiger partial charge in [0, 0.05) is 6.61 Å². The van der Waals surface area contributed by atoms with Crippen molar-refractivity contribution in [3.63, 3.8) is 0 Å². The molecule has 1 N–H and O–H groups in total. The van der Waals surface area contributed by atoms with Gasteiger partial charge in [-0.05, 0) is 19.3 Å². The molecule has 0 radical (unpaired) electrons. The zero-order valence-corrected chi connectivity index (χ0v) is 8.18. The Morgan fingerprint density at radius 2 is 2.22 bits per heavy atom. The third-order valence-electron chi connectivity index (χ3n) is 1.45. The van der Waals surface area contributed by atoms with Crippen LogP contribution in [0.4, 0.5) is 0 Å². The van der Waals surface area contributed by atoms with E-state index in [-0.39, 0.29) is 20.3 Å². The molecular weight excluding hydrogens is 127 g/mol. The fourth-order valence-corrected chi connectivity index (χ4v) is 1.48. The summed E-state index contributed by atoms with van der Waals surface area (Å²) >= 11 is 0. The predicted octanol–water partition coefficient (Wildman–Crippen LogP) is -3.69. The van der Waals surface area contributed by atoms with E-state index in [2.05, 4.69) is 0 Å². The van der Waals surface area contributed by atoms with Gasteiger partial charge in [0.15, 0.2) is 0 Å². The van der Waals surface area contributed by atoms with Crippen LogP contribution >= 0.6 is 0 Å². The summed E-state index contributed by atoms with van der Waals surface area (Å²) < 4.78 is 5.08. The van der Waals surface area contributed by atoms with Gasteiger partial charge in [0.05, 0.1) is 10.2 Å². The molecule has 1 rings (SSSR count). The average molecular weight is 140 g/mol. The van der Waals surface area contributed by atoms with Crippen LogP contribution in [0.25, 0.3) is 0 Å². The third kappa shape index (κ3) is 3.44. The number of ether oxygens (including phenoxy) is 1. The molecule has 1 aliphatic rings. The number of aliphatic hydroxyl groups is 1. The van der Waals surface area contributed by atoms with Crippen LogP contribution in [0, 0.1) is 0 Å². The number of hydrogen-bond donors (Lipinski definition) is 1. The van der Waals surface area contributed by atoms with Gasteiger partial charge in [0.2, 0.25) is 0 Å². The summed E-state index contributed by atoms with van der Waals surface area (Å²) in [6, 6.07) is 0. The van der Waals surface area contributed by atoms with Crippen molar-refractivity contribution in [1.82, 2.24) is 0 Å². The fourth-order valence-electron chi connectivity index (χ4n) is 0.919. The summed E-state index contributed by atoms with van der Waals surface area (Å²) in [6.07, 6.45) is 3.09. The minimum Gasteiger partial charge on any atom is -1.00 e. The van der Waals surface area contributed by atoms with Gasteiger partial charge in [-0.15, -0.1) is 0 Å². The number of rotatable bonds is 0. The van der Waals surface area contributed by atoms with E-state index in [1.165, 1.54) is 0 Å². The largest absolute Gasteiger partial charge is 1.00 e. The molecule has 50 valence electrons. The molecule has 4 heteroatoms. The molecule has 0 bridgehead atoms. The van der Waals surface area contributed by atoms with E-state index >= 15 is 0 Å². The van der Waals surface area contributed by atoms with Crippen LogP contribution in [0.1, 0.15) is 20.7 Å². The second-order valence-corrected chi connectivity index (χ2v) is 4.04. The summed E-state index contributed by atoms with van der Waals surface area (Å²) in [6.45, 7) is 0.750. The van der Waals surface area contributed by atoms with Gasteiger partial charge >= 0.3 is 18.9 Å². The topological polar surface area (TPSA) is 29.5 Å². The first-order valence-electron chi connectivity index (χ1n) is 3.07. The van der Waals surface area contributed by atoms with E-state index in [1.54, 1.807) is 0 Å². The molecule has 1 saturated heterocycles. The second-order valence-electron chi connectivity index (χ2n) is 2.48. The van der Waals surface area contributed by atoms with E-state index < -0.39 is 5.41 Å². The quantitative estimate of drug-likeness (QED) is 0.351. The molecule has 1 unspecified atom stereocenters. The zero-order chi connectivity index (χ0) is 6.04. The fraction of sp³-hybridized carbons (Fsp3) is 1.00. The van der Waals surface area contributed by atoms with Crippen LogP contribution in [0.5, 0.6) is 0 Å². The van der Waals surface area contributed by atoms with Crippen molar-refractivity contribution >= 4 is 10.2 Å². The van der Waals surface area contributed by atoms with Crippen LogP contribution in [0.2, 0.25) is 0 Å². The van der Waals surface area contributed by atoms with Crippen LogP contribution in [-0.2, 0) is 4.74 Å². The molecule has 0 spiro atoms. The molecule has 9 heavy (non-hydrogen) atoms. The van der Waals surface area contributed by atoms with E-state index in [1.807, 2.05) is 0 Å². The number of hydrogen-bond acceptors (Lipinski definition) is 2. The minimum atomic E-state index is -0.682. The average Bonchev–Trinajstić information content (AvgIpc) is 1.65. The molecule has 0 aliphatic carbocycles. The second kappa shape index (κ2) is 3.79. The maximum Gasteiger partial charge on any atom is 1.00 e. The van der Waals surface area contributed by atoms with Crippen LogP contribution in [0.15, 0.2) is 0 Å². The van der Waals surface area contributed by atoms with Crippen LogP contribution < -0.4 is 18.9 Å². The van der Waals surface area contributed by atoms with E-state index in [4.69, 9.17) is 4.74 Å². The van der Waals surface area contributed by atoms with Gasteiger partial charge in [0.1, 0.15) is 5.41 Å². The van der Waals surface area contributed by atoms with Gasteiger partial charge < -0.3 is 11.3 Å². The first-order valence-corrected chi connectivity index (χ1v) is 4.07. The molecule has 1 heterocycles. The molecule has 1 fully saturated rings. The Balaban J connectivity index is 0. The van der Waals surface area contributed by atoms with E-state index in [9.17, 15) is 5.11 Å². The summed E-state index contributed by atoms with van der Waals surface area (Å²) in [7, 11) is 0.743. The van der Waals surface area contributed by atoms with Crippen molar-refractivity contribution < 1.29 is 30.1 Å². The molecule has 0 aromatic carbocycles. The Hall–Kier alpha value is 0.734. The molecule has 0 saturated carbocycles. The standard InChI is InChI=1S/C5H12O2Si.Li.H/c6-5(8)3-1-2-4-7-5;;/h6H,1-4H2,8H3;;/q;+1;-1. The normalized spacial score (nSPS) is 35.7. The van der Waals surface area contributed by atoms with Gasteiger partial charge in [-0.25, -0.2) is 0 Å². The SMILES string of the molecule is OC1([SiH3])CCCCO1.[H-].[Li+]. The van der Waals surface area contributed by atoms with Crippen LogP contribution in [-0.4, -0.2) is 27.4 Å². The summed E-state index contributed by atoms with van der Waals surface area (Å²) in [5.41, 5.74) is -0.682. The molecule has 1 aliphatic heterocycles. The Morgan fingerprint density at radius 1 is 1.56 bits per heavy atom. The monoisotopic (exact) mass is 140 g/mol. The van der Waals surface area contributed by atoms with Crippen molar-refractivity contribution in [2.45, 2.75) is 24.7 Å². The Morgan fingerprint density at radius 3 is 2.44 bits per heavy atom. The van der Waals surface area contributed by atoms with Gasteiger partial charge in [0.25, 0.3) is 0 Å². The van der Waals surface area contributed by atoms with Crippen molar-refractivity contribution in [3.8, 4) is 0 Å². The Bertz CT molecular complexity index is 83.7. The van der Waals surface area contributed by atoms with Gasteiger partial charge in [-0.2, -0.15) is 0 Å². The van der Waals surface area contributed by atoms with Crippen molar-refractivity contribution in [2.75, 3.05) is 6.61 Å². The summed E-state index contributed by atoms with van der Waals surface area (Å²) in [4.78, 5) is 0. The Labute approximate surface area is 72.1 Å². The van der Waals surface area contributed by atoms with E-state index in [0.29, 0.717) is 0 Å². The maximum absolute atomic E-state index is 9.21. The van der Waals surface area contributed by atoms with E-state index in [0.717, 1.165) is 36.1 Å². The first-order chi connectivity index (χ1) is 3.71. The molecular formula is C5H13LiO2Si. The molecule has 0 aromatic heterocycles.